The molecule has 0 heterocycles. The minimum atomic E-state index is -0.166. The number of benzene rings is 2. The summed E-state index contributed by atoms with van der Waals surface area (Å²) in [4.78, 5) is 23.7. The summed E-state index contributed by atoms with van der Waals surface area (Å²) in [5.41, 5.74) is 1.30. The van der Waals surface area contributed by atoms with E-state index in [2.05, 4.69) is 10.6 Å². The van der Waals surface area contributed by atoms with Crippen LogP contribution in [0.25, 0.3) is 0 Å². The van der Waals surface area contributed by atoms with Crippen LogP contribution in [-0.2, 0) is 11.2 Å². The van der Waals surface area contributed by atoms with E-state index < -0.39 is 0 Å². The van der Waals surface area contributed by atoms with Crippen molar-refractivity contribution in [3.05, 3.63) is 69.7 Å². The van der Waals surface area contributed by atoms with Crippen LogP contribution in [0.5, 0.6) is 0 Å². The lowest BCUT2D eigenvalue weighted by Gasteiger charge is -2.08. The molecule has 0 aliphatic rings. The summed E-state index contributed by atoms with van der Waals surface area (Å²) in [5, 5.41) is 6.47. The van der Waals surface area contributed by atoms with E-state index in [9.17, 15) is 9.59 Å². The van der Waals surface area contributed by atoms with Gasteiger partial charge in [-0.2, -0.15) is 0 Å². The minimum Gasteiger partial charge on any atom is -0.354 e. The third-order valence-corrected chi connectivity index (χ3v) is 3.72. The molecule has 0 aliphatic carbocycles. The first-order valence-corrected chi connectivity index (χ1v) is 7.86. The molecule has 0 radical (unpaired) electrons. The first-order valence-electron chi connectivity index (χ1n) is 7.10. The van der Waals surface area contributed by atoms with Gasteiger partial charge < -0.3 is 10.6 Å². The number of rotatable bonds is 6. The van der Waals surface area contributed by atoms with Crippen LogP contribution in [0.4, 0.5) is 0 Å². The highest BCUT2D eigenvalue weighted by Gasteiger charge is 2.08. The average molecular weight is 351 g/mol. The third-order valence-electron chi connectivity index (χ3n) is 3.13. The fourth-order valence-electron chi connectivity index (χ4n) is 1.97. The monoisotopic (exact) mass is 350 g/mol. The quantitative estimate of drug-likeness (QED) is 0.786. The summed E-state index contributed by atoms with van der Waals surface area (Å²) in [5.74, 6) is -0.330. The Hall–Kier alpha value is -2.04. The van der Waals surface area contributed by atoms with Crippen LogP contribution in [0.2, 0.25) is 10.0 Å². The highest BCUT2D eigenvalue weighted by Crippen LogP contribution is 2.21. The van der Waals surface area contributed by atoms with Crippen molar-refractivity contribution in [1.29, 1.82) is 0 Å². The fraction of sp³-hybridized carbons (Fsp3) is 0.176. The van der Waals surface area contributed by atoms with Crippen LogP contribution in [0.15, 0.2) is 48.5 Å². The second-order valence-corrected chi connectivity index (χ2v) is 5.73. The standard InChI is InChI=1S/C17H16Cl2N2O2/c18-14-7-6-13(15(19)11-14)10-16(22)20-8-9-21-17(23)12-4-2-1-3-5-12/h1-7,11H,8-10H2,(H,20,22)(H,21,23). The van der Waals surface area contributed by atoms with Crippen molar-refractivity contribution in [3.63, 3.8) is 0 Å². The van der Waals surface area contributed by atoms with Gasteiger partial charge in [0.1, 0.15) is 0 Å². The number of amides is 2. The molecular weight excluding hydrogens is 335 g/mol. The van der Waals surface area contributed by atoms with Crippen LogP contribution in [0.3, 0.4) is 0 Å². The second-order valence-electron chi connectivity index (χ2n) is 4.88. The molecule has 6 heteroatoms. The van der Waals surface area contributed by atoms with Crippen molar-refractivity contribution in [2.45, 2.75) is 6.42 Å². The zero-order valence-corrected chi connectivity index (χ0v) is 13.8. The van der Waals surface area contributed by atoms with Crippen LogP contribution < -0.4 is 10.6 Å². The molecule has 2 rings (SSSR count). The molecule has 0 fully saturated rings. The van der Waals surface area contributed by atoms with Gasteiger partial charge >= 0.3 is 0 Å². The summed E-state index contributed by atoms with van der Waals surface area (Å²) < 4.78 is 0. The van der Waals surface area contributed by atoms with Gasteiger partial charge in [0, 0.05) is 28.7 Å². The molecule has 0 saturated carbocycles. The van der Waals surface area contributed by atoms with Crippen molar-refractivity contribution in [3.8, 4) is 0 Å². The fourth-order valence-corrected chi connectivity index (χ4v) is 2.45. The van der Waals surface area contributed by atoms with E-state index in [1.165, 1.54) is 0 Å². The van der Waals surface area contributed by atoms with Gasteiger partial charge in [-0.15, -0.1) is 0 Å². The molecule has 0 aliphatic heterocycles. The normalized spacial score (nSPS) is 10.2. The Morgan fingerprint density at radius 3 is 2.30 bits per heavy atom. The van der Waals surface area contributed by atoms with Crippen LogP contribution in [-0.4, -0.2) is 24.9 Å². The molecule has 0 atom stereocenters. The van der Waals surface area contributed by atoms with Gasteiger partial charge in [0.05, 0.1) is 6.42 Å². The van der Waals surface area contributed by atoms with E-state index in [0.29, 0.717) is 34.3 Å². The van der Waals surface area contributed by atoms with E-state index in [4.69, 9.17) is 23.2 Å². The van der Waals surface area contributed by atoms with Crippen molar-refractivity contribution < 1.29 is 9.59 Å². The largest absolute Gasteiger partial charge is 0.354 e. The first kappa shape index (κ1) is 17.3. The van der Waals surface area contributed by atoms with Crippen LogP contribution >= 0.6 is 23.2 Å². The molecule has 0 bridgehead atoms. The van der Waals surface area contributed by atoms with Crippen molar-refractivity contribution in [1.82, 2.24) is 10.6 Å². The highest BCUT2D eigenvalue weighted by molar-refractivity contribution is 6.35. The summed E-state index contributed by atoms with van der Waals surface area (Å²) in [6.07, 6.45) is 0.169. The maximum Gasteiger partial charge on any atom is 0.251 e. The van der Waals surface area contributed by atoms with Gasteiger partial charge in [-0.3, -0.25) is 9.59 Å². The van der Waals surface area contributed by atoms with Crippen molar-refractivity contribution in [2.75, 3.05) is 13.1 Å². The number of nitrogens with one attached hydrogen (secondary N) is 2. The van der Waals surface area contributed by atoms with Crippen LogP contribution in [0.1, 0.15) is 15.9 Å². The SMILES string of the molecule is O=C(Cc1ccc(Cl)cc1Cl)NCCNC(=O)c1ccccc1. The molecule has 2 N–H and O–H groups in total. The summed E-state index contributed by atoms with van der Waals surface area (Å²) in [7, 11) is 0. The molecule has 23 heavy (non-hydrogen) atoms. The molecule has 2 aromatic rings. The number of hydrogen-bond acceptors (Lipinski definition) is 2. The molecule has 0 aromatic heterocycles. The Bertz CT molecular complexity index is 690. The van der Waals surface area contributed by atoms with E-state index in [-0.39, 0.29) is 18.2 Å². The van der Waals surface area contributed by atoms with E-state index >= 15 is 0 Å². The molecule has 0 saturated heterocycles. The molecule has 4 nitrogen and oxygen atoms in total. The molecular formula is C17H16Cl2N2O2. The highest BCUT2D eigenvalue weighted by atomic mass is 35.5. The summed E-state index contributed by atoms with van der Waals surface area (Å²) >= 11 is 11.8. The zero-order chi connectivity index (χ0) is 16.7. The van der Waals surface area contributed by atoms with E-state index in [1.807, 2.05) is 6.07 Å². The minimum absolute atomic E-state index is 0.164. The van der Waals surface area contributed by atoms with Crippen LogP contribution in [0, 0.1) is 0 Å². The third kappa shape index (κ3) is 5.58. The van der Waals surface area contributed by atoms with Gasteiger partial charge in [0.25, 0.3) is 5.91 Å². The van der Waals surface area contributed by atoms with Gasteiger partial charge in [0.2, 0.25) is 5.91 Å². The second kappa shape index (κ2) is 8.56. The molecule has 120 valence electrons. The summed E-state index contributed by atoms with van der Waals surface area (Å²) in [6.45, 7) is 0.705. The number of halogens is 2. The zero-order valence-electron chi connectivity index (χ0n) is 12.3. The van der Waals surface area contributed by atoms with E-state index in [1.54, 1.807) is 42.5 Å². The Kier molecular flexibility index (Phi) is 6.44. The predicted molar refractivity (Wildman–Crippen MR) is 92.0 cm³/mol. The lowest BCUT2D eigenvalue weighted by molar-refractivity contribution is -0.120. The van der Waals surface area contributed by atoms with Crippen molar-refractivity contribution >= 4 is 35.0 Å². The predicted octanol–water partition coefficient (Wildman–Crippen LogP) is 3.08. The Labute approximate surface area is 144 Å². The topological polar surface area (TPSA) is 58.2 Å². The Morgan fingerprint density at radius 2 is 1.61 bits per heavy atom. The smallest absolute Gasteiger partial charge is 0.251 e. The molecule has 0 unspecified atom stereocenters. The van der Waals surface area contributed by atoms with Gasteiger partial charge in [-0.25, -0.2) is 0 Å². The first-order chi connectivity index (χ1) is 11.1. The maximum atomic E-state index is 11.8. The number of hydrogen-bond donors (Lipinski definition) is 2. The molecule has 0 spiro atoms. The maximum absolute atomic E-state index is 11.8. The Balaban J connectivity index is 1.72. The number of carbonyl (C=O) groups excluding carboxylic acids is 2. The van der Waals surface area contributed by atoms with Gasteiger partial charge in [0.15, 0.2) is 0 Å². The van der Waals surface area contributed by atoms with Crippen molar-refractivity contribution in [2.24, 2.45) is 0 Å². The van der Waals surface area contributed by atoms with Gasteiger partial charge in [-0.05, 0) is 29.8 Å². The number of carbonyl (C=O) groups is 2. The van der Waals surface area contributed by atoms with E-state index in [0.717, 1.165) is 0 Å². The lowest BCUT2D eigenvalue weighted by atomic mass is 10.1. The average Bonchev–Trinajstić information content (AvgIpc) is 2.55. The lowest BCUT2D eigenvalue weighted by Crippen LogP contribution is -2.35. The Morgan fingerprint density at radius 1 is 0.913 bits per heavy atom. The van der Waals surface area contributed by atoms with Gasteiger partial charge in [-0.1, -0.05) is 47.5 Å². The molecule has 2 amide bonds. The summed E-state index contributed by atoms with van der Waals surface area (Å²) in [6, 6.07) is 13.9. The molecule has 2 aromatic carbocycles.